The zero-order chi connectivity index (χ0) is 19.1. The van der Waals surface area contributed by atoms with Gasteiger partial charge in [0.15, 0.2) is 10.9 Å². The van der Waals surface area contributed by atoms with Crippen molar-refractivity contribution in [3.8, 4) is 0 Å². The summed E-state index contributed by atoms with van der Waals surface area (Å²) in [4.78, 5) is 25.8. The van der Waals surface area contributed by atoms with E-state index < -0.39 is 5.97 Å². The first-order valence-corrected chi connectivity index (χ1v) is 11.6. The van der Waals surface area contributed by atoms with Gasteiger partial charge in [0.1, 0.15) is 0 Å². The molecule has 3 rings (SSSR count). The topological polar surface area (TPSA) is 84.4 Å². The van der Waals surface area contributed by atoms with Gasteiger partial charge >= 0.3 is 5.97 Å². The number of ether oxygens (including phenoxy) is 1. The number of aromatic nitrogens is 2. The van der Waals surface area contributed by atoms with Crippen LogP contribution in [0.15, 0.2) is 4.34 Å². The Hall–Kier alpha value is -1.35. The first kappa shape index (κ1) is 20.4. The number of carbonyl (C=O) groups excluding carboxylic acids is 2. The summed E-state index contributed by atoms with van der Waals surface area (Å²) in [5.41, 5.74) is 0. The molecule has 0 bridgehead atoms. The van der Waals surface area contributed by atoms with Crippen molar-refractivity contribution in [2.75, 3.05) is 30.8 Å². The third-order valence-electron chi connectivity index (χ3n) is 5.02. The van der Waals surface area contributed by atoms with Crippen LogP contribution in [0.5, 0.6) is 0 Å². The molecule has 9 heteroatoms. The lowest BCUT2D eigenvalue weighted by atomic mass is 9.96. The highest BCUT2D eigenvalue weighted by Crippen LogP contribution is 2.28. The number of nitrogens with zero attached hydrogens (tertiary/aromatic N) is 3. The van der Waals surface area contributed by atoms with Crippen LogP contribution in [0.1, 0.15) is 51.9 Å². The van der Waals surface area contributed by atoms with Crippen LogP contribution in [0.4, 0.5) is 5.13 Å². The molecular weight excluding hydrogens is 384 g/mol. The lowest BCUT2D eigenvalue weighted by Crippen LogP contribution is -2.41. The number of nitrogens with one attached hydrogen (secondary N) is 1. The van der Waals surface area contributed by atoms with Gasteiger partial charge in [-0.3, -0.25) is 9.59 Å². The summed E-state index contributed by atoms with van der Waals surface area (Å²) in [7, 11) is 0. The van der Waals surface area contributed by atoms with Crippen LogP contribution in [0.3, 0.4) is 0 Å². The second kappa shape index (κ2) is 10.3. The number of hydrogen-bond acceptors (Lipinski definition) is 8. The molecule has 1 amide bonds. The lowest BCUT2D eigenvalue weighted by Gasteiger charge is -2.30. The summed E-state index contributed by atoms with van der Waals surface area (Å²) >= 11 is 2.77. The number of hydrogen-bond donors (Lipinski definition) is 1. The summed E-state index contributed by atoms with van der Waals surface area (Å²) in [6.07, 6.45) is 8.37. The fourth-order valence-electron chi connectivity index (χ4n) is 3.56. The van der Waals surface area contributed by atoms with Crippen molar-refractivity contribution in [3.05, 3.63) is 0 Å². The molecule has 1 saturated heterocycles. The van der Waals surface area contributed by atoms with Crippen LogP contribution >= 0.6 is 23.1 Å². The number of thioether (sulfide) groups is 1. The van der Waals surface area contributed by atoms with Crippen LogP contribution in [0, 0.1) is 5.92 Å². The van der Waals surface area contributed by atoms with Gasteiger partial charge in [0.2, 0.25) is 5.13 Å². The first-order chi connectivity index (χ1) is 13.1. The van der Waals surface area contributed by atoms with Crippen molar-refractivity contribution < 1.29 is 14.3 Å². The van der Waals surface area contributed by atoms with Crippen molar-refractivity contribution in [2.45, 2.75) is 62.3 Å². The van der Waals surface area contributed by atoms with Gasteiger partial charge in [-0.25, -0.2) is 0 Å². The molecule has 7 nitrogen and oxygen atoms in total. The van der Waals surface area contributed by atoms with E-state index >= 15 is 0 Å². The van der Waals surface area contributed by atoms with E-state index in [1.807, 2.05) is 0 Å². The van der Waals surface area contributed by atoms with Crippen molar-refractivity contribution in [1.29, 1.82) is 0 Å². The highest BCUT2D eigenvalue weighted by atomic mass is 32.2. The first-order valence-electron chi connectivity index (χ1n) is 9.76. The molecule has 1 aliphatic carbocycles. The molecule has 1 atom stereocenters. The quantitative estimate of drug-likeness (QED) is 0.544. The Kier molecular flexibility index (Phi) is 7.75. The van der Waals surface area contributed by atoms with Gasteiger partial charge < -0.3 is 15.0 Å². The van der Waals surface area contributed by atoms with Crippen LogP contribution in [-0.2, 0) is 14.3 Å². The van der Waals surface area contributed by atoms with Gasteiger partial charge in [-0.15, -0.1) is 10.2 Å². The van der Waals surface area contributed by atoms with Crippen LogP contribution in [0.25, 0.3) is 0 Å². The van der Waals surface area contributed by atoms with Crippen molar-refractivity contribution in [3.63, 3.8) is 0 Å². The summed E-state index contributed by atoms with van der Waals surface area (Å²) in [6, 6.07) is 0.484. The third-order valence-corrected chi connectivity index (χ3v) is 6.98. The average molecular weight is 413 g/mol. The van der Waals surface area contributed by atoms with E-state index in [4.69, 9.17) is 4.74 Å². The Balaban J connectivity index is 1.34. The zero-order valence-corrected chi connectivity index (χ0v) is 17.4. The maximum Gasteiger partial charge on any atom is 0.316 e. The number of amides is 1. The molecule has 1 aliphatic heterocycles. The number of esters is 1. The Bertz CT molecular complexity index is 634. The SMILES string of the molecule is C[C@H]1CCCN(C(=O)COC(=O)CSc2nnc(NC3CCCCC3)s2)C1. The van der Waals surface area contributed by atoms with Crippen LogP contribution in [0.2, 0.25) is 0 Å². The monoisotopic (exact) mass is 412 g/mol. The largest absolute Gasteiger partial charge is 0.455 e. The predicted molar refractivity (Wildman–Crippen MR) is 107 cm³/mol. The minimum Gasteiger partial charge on any atom is -0.455 e. The summed E-state index contributed by atoms with van der Waals surface area (Å²) in [6.45, 7) is 3.49. The number of anilines is 1. The highest BCUT2D eigenvalue weighted by Gasteiger charge is 2.22. The normalized spacial score (nSPS) is 21.1. The Morgan fingerprint density at radius 3 is 2.81 bits per heavy atom. The average Bonchev–Trinajstić information content (AvgIpc) is 3.12. The third kappa shape index (κ3) is 6.64. The van der Waals surface area contributed by atoms with E-state index in [2.05, 4.69) is 22.4 Å². The molecule has 0 spiro atoms. The van der Waals surface area contributed by atoms with E-state index in [1.165, 1.54) is 55.2 Å². The van der Waals surface area contributed by atoms with E-state index in [-0.39, 0.29) is 18.3 Å². The highest BCUT2D eigenvalue weighted by molar-refractivity contribution is 8.01. The molecule has 1 aromatic heterocycles. The number of likely N-dealkylation sites (tertiary alicyclic amines) is 1. The van der Waals surface area contributed by atoms with Gasteiger partial charge in [-0.2, -0.15) is 0 Å². The fraction of sp³-hybridized carbons (Fsp3) is 0.778. The number of piperidine rings is 1. The summed E-state index contributed by atoms with van der Waals surface area (Å²) < 4.78 is 5.87. The maximum atomic E-state index is 12.1. The van der Waals surface area contributed by atoms with Crippen molar-refractivity contribution >= 4 is 40.1 Å². The Morgan fingerprint density at radius 2 is 2.04 bits per heavy atom. The van der Waals surface area contributed by atoms with Crippen LogP contribution in [-0.4, -0.2) is 58.5 Å². The van der Waals surface area contributed by atoms with E-state index in [0.29, 0.717) is 12.0 Å². The molecule has 0 radical (unpaired) electrons. The van der Waals surface area contributed by atoms with Crippen LogP contribution < -0.4 is 5.32 Å². The lowest BCUT2D eigenvalue weighted by molar-refractivity contribution is -0.150. The second-order valence-corrected chi connectivity index (χ2v) is 9.59. The molecular formula is C18H28N4O3S2. The van der Waals surface area contributed by atoms with Gasteiger partial charge in [0.05, 0.1) is 5.75 Å². The van der Waals surface area contributed by atoms with Crippen molar-refractivity contribution in [1.82, 2.24) is 15.1 Å². The number of carbonyl (C=O) groups is 2. The minimum atomic E-state index is -0.393. The fourth-order valence-corrected chi connectivity index (χ4v) is 5.19. The Morgan fingerprint density at radius 1 is 1.22 bits per heavy atom. The molecule has 1 N–H and O–H groups in total. The maximum absolute atomic E-state index is 12.1. The van der Waals surface area contributed by atoms with Gasteiger partial charge in [-0.05, 0) is 31.6 Å². The second-order valence-electron chi connectivity index (χ2n) is 7.39. The Labute approximate surface area is 168 Å². The van der Waals surface area contributed by atoms with E-state index in [0.717, 1.165) is 35.4 Å². The molecule has 150 valence electrons. The molecule has 0 aromatic carbocycles. The van der Waals surface area contributed by atoms with Gasteiger partial charge in [0, 0.05) is 19.1 Å². The summed E-state index contributed by atoms with van der Waals surface area (Å²) in [5.74, 6) is 0.162. The smallest absolute Gasteiger partial charge is 0.316 e. The molecule has 1 aromatic rings. The summed E-state index contributed by atoms with van der Waals surface area (Å²) in [5, 5.41) is 12.5. The van der Waals surface area contributed by atoms with Gasteiger partial charge in [0.25, 0.3) is 5.91 Å². The van der Waals surface area contributed by atoms with E-state index in [9.17, 15) is 9.59 Å². The van der Waals surface area contributed by atoms with E-state index in [1.54, 1.807) is 4.90 Å². The molecule has 2 fully saturated rings. The zero-order valence-electron chi connectivity index (χ0n) is 15.8. The number of rotatable bonds is 7. The standard InChI is InChI=1S/C18H28N4O3S2/c1-13-6-5-9-22(10-13)15(23)11-25-16(24)12-26-18-21-20-17(27-18)19-14-7-3-2-4-8-14/h13-14H,2-12H2,1H3,(H,19,20)/t13-/m0/s1. The predicted octanol–water partition coefficient (Wildman–Crippen LogP) is 3.18. The molecule has 2 aliphatic rings. The minimum absolute atomic E-state index is 0.102. The van der Waals surface area contributed by atoms with Crippen molar-refractivity contribution in [2.24, 2.45) is 5.92 Å². The molecule has 0 unspecified atom stereocenters. The molecule has 27 heavy (non-hydrogen) atoms. The molecule has 1 saturated carbocycles. The van der Waals surface area contributed by atoms with Gasteiger partial charge in [-0.1, -0.05) is 49.3 Å². The molecule has 2 heterocycles.